The van der Waals surface area contributed by atoms with Crippen LogP contribution in [0.1, 0.15) is 37.7 Å². The van der Waals surface area contributed by atoms with Gasteiger partial charge in [0.2, 0.25) is 0 Å². The largest absolute Gasteiger partial charge is 0.327 e. The summed E-state index contributed by atoms with van der Waals surface area (Å²) < 4.78 is 0. The molecule has 1 aromatic heterocycles. The molecular weight excluding hydrogens is 248 g/mol. The van der Waals surface area contributed by atoms with Gasteiger partial charge in [-0.3, -0.25) is 10.1 Å². The van der Waals surface area contributed by atoms with Gasteiger partial charge < -0.3 is 5.73 Å². The normalized spacial score (nSPS) is 17.9. The number of hydrogen-bond donors (Lipinski definition) is 1. The maximum absolute atomic E-state index is 10.6. The molecule has 0 saturated heterocycles. The van der Waals surface area contributed by atoms with Crippen molar-refractivity contribution >= 4 is 22.4 Å². The van der Waals surface area contributed by atoms with Crippen LogP contribution < -0.4 is 5.73 Å². The van der Waals surface area contributed by atoms with Crippen molar-refractivity contribution in [3.63, 3.8) is 0 Å². The second-order valence-corrected chi connectivity index (χ2v) is 5.62. The highest BCUT2D eigenvalue weighted by atomic mass is 32.1. The van der Waals surface area contributed by atoms with Gasteiger partial charge in [0.05, 0.1) is 4.92 Å². The highest BCUT2D eigenvalue weighted by Crippen LogP contribution is 2.31. The first-order valence-corrected chi connectivity index (χ1v) is 7.22. The van der Waals surface area contributed by atoms with Crippen molar-refractivity contribution < 1.29 is 4.92 Å². The summed E-state index contributed by atoms with van der Waals surface area (Å²) in [6.45, 7) is 0.550. The van der Waals surface area contributed by atoms with Gasteiger partial charge in [-0.05, 0) is 24.3 Å². The van der Waals surface area contributed by atoms with E-state index in [0.717, 1.165) is 5.56 Å². The molecule has 0 bridgehead atoms. The third kappa shape index (κ3) is 3.17. The van der Waals surface area contributed by atoms with Crippen LogP contribution in [0.5, 0.6) is 0 Å². The van der Waals surface area contributed by atoms with Crippen molar-refractivity contribution in [1.82, 2.24) is 0 Å². The molecule has 4 nitrogen and oxygen atoms in total. The second-order valence-electron chi connectivity index (χ2n) is 4.73. The Hall–Kier alpha value is -1.20. The molecule has 2 rings (SSSR count). The van der Waals surface area contributed by atoms with Gasteiger partial charge in [0.1, 0.15) is 0 Å². The van der Waals surface area contributed by atoms with Crippen molar-refractivity contribution in [3.05, 3.63) is 32.7 Å². The van der Waals surface area contributed by atoms with Crippen molar-refractivity contribution in [2.24, 2.45) is 11.7 Å². The average Bonchev–Trinajstić information content (AvgIpc) is 2.86. The molecule has 0 aromatic carbocycles. The molecule has 1 fully saturated rings. The number of nitro groups is 1. The highest BCUT2D eigenvalue weighted by Gasteiger charge is 2.17. The first kappa shape index (κ1) is 13.2. The zero-order valence-corrected chi connectivity index (χ0v) is 11.1. The van der Waals surface area contributed by atoms with Crippen LogP contribution in [-0.4, -0.2) is 11.5 Å². The monoisotopic (exact) mass is 266 g/mol. The van der Waals surface area contributed by atoms with Gasteiger partial charge in [0.25, 0.3) is 0 Å². The van der Waals surface area contributed by atoms with Crippen LogP contribution >= 0.6 is 11.3 Å². The van der Waals surface area contributed by atoms with Crippen molar-refractivity contribution in [2.75, 3.05) is 6.54 Å². The fourth-order valence-corrected chi connectivity index (χ4v) is 3.22. The molecule has 0 unspecified atom stereocenters. The van der Waals surface area contributed by atoms with E-state index in [4.69, 9.17) is 5.73 Å². The molecule has 1 aliphatic rings. The van der Waals surface area contributed by atoms with E-state index in [1.54, 1.807) is 6.07 Å². The standard InChI is InChI=1S/C13H18N2O2S/c14-8-12(11-4-2-1-3-5-11)6-10-7-13(15(16)17)18-9-10/h6-7,9,11H,1-5,8,14H2. The first-order chi connectivity index (χ1) is 8.70. The molecule has 1 saturated carbocycles. The summed E-state index contributed by atoms with van der Waals surface area (Å²) in [6, 6.07) is 1.63. The molecule has 1 aliphatic carbocycles. The smallest absolute Gasteiger partial charge is 0.324 e. The summed E-state index contributed by atoms with van der Waals surface area (Å²) in [7, 11) is 0. The van der Waals surface area contributed by atoms with Gasteiger partial charge in [-0.1, -0.05) is 42.2 Å². The quantitative estimate of drug-likeness (QED) is 0.669. The Morgan fingerprint density at radius 2 is 2.22 bits per heavy atom. The summed E-state index contributed by atoms with van der Waals surface area (Å²) in [5, 5.41) is 12.7. The molecule has 0 radical (unpaired) electrons. The minimum atomic E-state index is -0.343. The molecule has 2 N–H and O–H groups in total. The van der Waals surface area contributed by atoms with Gasteiger partial charge in [-0.25, -0.2) is 0 Å². The zero-order chi connectivity index (χ0) is 13.0. The Kier molecular flexibility index (Phi) is 4.49. The fraction of sp³-hybridized carbons (Fsp3) is 0.538. The second kappa shape index (κ2) is 6.11. The molecule has 1 heterocycles. The lowest BCUT2D eigenvalue weighted by Crippen LogP contribution is -2.15. The molecule has 5 heteroatoms. The third-order valence-electron chi connectivity index (χ3n) is 3.50. The Morgan fingerprint density at radius 3 is 2.78 bits per heavy atom. The predicted molar refractivity (Wildman–Crippen MR) is 74.6 cm³/mol. The van der Waals surface area contributed by atoms with E-state index in [0.29, 0.717) is 12.5 Å². The lowest BCUT2D eigenvalue weighted by molar-refractivity contribution is -0.380. The third-order valence-corrected chi connectivity index (χ3v) is 4.40. The molecule has 18 heavy (non-hydrogen) atoms. The topological polar surface area (TPSA) is 69.2 Å². The number of nitrogens with zero attached hydrogens (tertiary/aromatic N) is 1. The number of thiophene rings is 1. The lowest BCUT2D eigenvalue weighted by Gasteiger charge is -2.23. The van der Waals surface area contributed by atoms with E-state index < -0.39 is 0 Å². The Morgan fingerprint density at radius 1 is 1.50 bits per heavy atom. The van der Waals surface area contributed by atoms with Gasteiger partial charge in [0.15, 0.2) is 0 Å². The van der Waals surface area contributed by atoms with E-state index in [2.05, 4.69) is 0 Å². The summed E-state index contributed by atoms with van der Waals surface area (Å²) in [5.41, 5.74) is 7.97. The average molecular weight is 266 g/mol. The molecule has 98 valence electrons. The van der Waals surface area contributed by atoms with Gasteiger partial charge in [-0.15, -0.1) is 0 Å². The van der Waals surface area contributed by atoms with E-state index in [-0.39, 0.29) is 9.92 Å². The van der Waals surface area contributed by atoms with Crippen LogP contribution in [0.3, 0.4) is 0 Å². The van der Waals surface area contributed by atoms with Crippen LogP contribution in [0, 0.1) is 16.0 Å². The first-order valence-electron chi connectivity index (χ1n) is 6.34. The molecule has 1 aromatic rings. The number of nitrogens with two attached hydrogens (primary N) is 1. The fourth-order valence-electron chi connectivity index (χ4n) is 2.54. The van der Waals surface area contributed by atoms with Crippen LogP contribution in [0.25, 0.3) is 6.08 Å². The SMILES string of the molecule is NCC(=Cc1csc([N+](=O)[O-])c1)C1CCCCC1. The van der Waals surface area contributed by atoms with Crippen molar-refractivity contribution in [2.45, 2.75) is 32.1 Å². The van der Waals surface area contributed by atoms with Crippen LogP contribution in [0.4, 0.5) is 5.00 Å². The van der Waals surface area contributed by atoms with E-state index >= 15 is 0 Å². The van der Waals surface area contributed by atoms with Crippen LogP contribution in [0.15, 0.2) is 17.0 Å². The zero-order valence-electron chi connectivity index (χ0n) is 10.3. The Labute approximate surface area is 111 Å². The number of rotatable bonds is 4. The van der Waals surface area contributed by atoms with Crippen molar-refractivity contribution in [1.29, 1.82) is 0 Å². The maximum Gasteiger partial charge on any atom is 0.324 e. The predicted octanol–water partition coefficient (Wildman–Crippen LogP) is 3.58. The van der Waals surface area contributed by atoms with E-state index in [1.807, 2.05) is 11.5 Å². The molecule has 0 atom stereocenters. The molecular formula is C13H18N2O2S. The molecule has 0 aliphatic heterocycles. The lowest BCUT2D eigenvalue weighted by atomic mass is 9.83. The minimum absolute atomic E-state index is 0.196. The Balaban J connectivity index is 2.14. The van der Waals surface area contributed by atoms with Crippen molar-refractivity contribution in [3.8, 4) is 0 Å². The van der Waals surface area contributed by atoms with Gasteiger partial charge >= 0.3 is 5.00 Å². The summed E-state index contributed by atoms with van der Waals surface area (Å²) >= 11 is 1.17. The summed E-state index contributed by atoms with van der Waals surface area (Å²) in [4.78, 5) is 10.3. The minimum Gasteiger partial charge on any atom is -0.327 e. The maximum atomic E-state index is 10.6. The Bertz CT molecular complexity index is 448. The van der Waals surface area contributed by atoms with E-state index in [9.17, 15) is 10.1 Å². The number of hydrogen-bond acceptors (Lipinski definition) is 4. The summed E-state index contributed by atoms with van der Waals surface area (Å²) in [5.74, 6) is 0.572. The van der Waals surface area contributed by atoms with E-state index in [1.165, 1.54) is 49.0 Å². The molecule has 0 amide bonds. The van der Waals surface area contributed by atoms with Crippen LogP contribution in [0.2, 0.25) is 0 Å². The molecule has 0 spiro atoms. The highest BCUT2D eigenvalue weighted by molar-refractivity contribution is 7.13. The van der Waals surface area contributed by atoms with Crippen LogP contribution in [-0.2, 0) is 0 Å². The summed E-state index contributed by atoms with van der Waals surface area (Å²) in [6.07, 6.45) is 8.31. The van der Waals surface area contributed by atoms with Gasteiger partial charge in [0, 0.05) is 18.0 Å². The van der Waals surface area contributed by atoms with Gasteiger partial charge in [-0.2, -0.15) is 0 Å².